The molecule has 3 nitrogen and oxygen atoms in total. The van der Waals surface area contributed by atoms with E-state index in [9.17, 15) is 5.11 Å². The molecule has 0 saturated carbocycles. The van der Waals surface area contributed by atoms with Crippen LogP contribution in [0.4, 0.5) is 0 Å². The molecular formula is C14H28O3. The highest BCUT2D eigenvalue weighted by Crippen LogP contribution is 2.44. The Hall–Kier alpha value is -0.120. The van der Waals surface area contributed by atoms with Crippen molar-refractivity contribution in [2.75, 3.05) is 6.61 Å². The van der Waals surface area contributed by atoms with E-state index < -0.39 is 6.10 Å². The lowest BCUT2D eigenvalue weighted by Crippen LogP contribution is -2.43. The summed E-state index contributed by atoms with van der Waals surface area (Å²) in [6.07, 6.45) is 1.19. The summed E-state index contributed by atoms with van der Waals surface area (Å²) in [6, 6.07) is 0. The zero-order valence-corrected chi connectivity index (χ0v) is 12.1. The minimum Gasteiger partial charge on any atom is -0.390 e. The summed E-state index contributed by atoms with van der Waals surface area (Å²) in [5, 5.41) is 10.5. The van der Waals surface area contributed by atoms with Crippen molar-refractivity contribution in [3.63, 3.8) is 0 Å². The molecule has 0 radical (unpaired) electrons. The Balaban J connectivity index is 2.77. The number of rotatable bonds is 5. The normalized spacial score (nSPS) is 30.2. The second kappa shape index (κ2) is 5.25. The van der Waals surface area contributed by atoms with Crippen LogP contribution >= 0.6 is 0 Å². The SMILES string of the molecule is CCOC(CC)C(O)C1CC(C)(C)OC1(C)C. The maximum Gasteiger partial charge on any atom is 0.0858 e. The van der Waals surface area contributed by atoms with Crippen molar-refractivity contribution in [3.8, 4) is 0 Å². The van der Waals surface area contributed by atoms with Gasteiger partial charge in [-0.1, -0.05) is 6.92 Å². The maximum absolute atomic E-state index is 10.5. The van der Waals surface area contributed by atoms with E-state index >= 15 is 0 Å². The summed E-state index contributed by atoms with van der Waals surface area (Å²) in [5.74, 6) is 0.133. The number of aliphatic hydroxyl groups is 1. The molecule has 0 spiro atoms. The molecule has 1 heterocycles. The molecular weight excluding hydrogens is 216 g/mol. The van der Waals surface area contributed by atoms with Crippen molar-refractivity contribution in [1.82, 2.24) is 0 Å². The third kappa shape index (κ3) is 3.43. The summed E-state index contributed by atoms with van der Waals surface area (Å²) < 4.78 is 11.6. The largest absolute Gasteiger partial charge is 0.390 e. The van der Waals surface area contributed by atoms with Gasteiger partial charge < -0.3 is 14.6 Å². The maximum atomic E-state index is 10.5. The summed E-state index contributed by atoms with van der Waals surface area (Å²) in [4.78, 5) is 0. The molecule has 0 bridgehead atoms. The highest BCUT2D eigenvalue weighted by Gasteiger charge is 2.50. The first-order valence-electron chi connectivity index (χ1n) is 6.73. The number of ether oxygens (including phenoxy) is 2. The molecule has 102 valence electrons. The van der Waals surface area contributed by atoms with E-state index in [0.717, 1.165) is 12.8 Å². The zero-order chi connectivity index (χ0) is 13.3. The highest BCUT2D eigenvalue weighted by atomic mass is 16.5. The minimum absolute atomic E-state index is 0.0817. The Morgan fingerprint density at radius 1 is 1.29 bits per heavy atom. The Morgan fingerprint density at radius 3 is 2.24 bits per heavy atom. The van der Waals surface area contributed by atoms with E-state index in [0.29, 0.717) is 6.61 Å². The fourth-order valence-corrected chi connectivity index (χ4v) is 3.07. The molecule has 0 aromatic heterocycles. The van der Waals surface area contributed by atoms with Crippen LogP contribution in [0.1, 0.15) is 54.4 Å². The number of hydrogen-bond donors (Lipinski definition) is 1. The van der Waals surface area contributed by atoms with Crippen molar-refractivity contribution < 1.29 is 14.6 Å². The highest BCUT2D eigenvalue weighted by molar-refractivity contribution is 4.99. The molecule has 1 fully saturated rings. The average Bonchev–Trinajstić information content (AvgIpc) is 2.42. The summed E-state index contributed by atoms with van der Waals surface area (Å²) >= 11 is 0. The summed E-state index contributed by atoms with van der Waals surface area (Å²) in [6.45, 7) is 13.0. The van der Waals surface area contributed by atoms with Crippen LogP contribution in [0.25, 0.3) is 0 Å². The molecule has 0 aromatic rings. The lowest BCUT2D eigenvalue weighted by molar-refractivity contribution is -0.114. The topological polar surface area (TPSA) is 38.7 Å². The Labute approximate surface area is 105 Å². The van der Waals surface area contributed by atoms with Gasteiger partial charge in [-0.2, -0.15) is 0 Å². The van der Waals surface area contributed by atoms with E-state index in [1.807, 2.05) is 6.92 Å². The van der Waals surface area contributed by atoms with E-state index in [4.69, 9.17) is 9.47 Å². The van der Waals surface area contributed by atoms with Gasteiger partial charge in [-0.3, -0.25) is 0 Å². The first kappa shape index (κ1) is 14.9. The van der Waals surface area contributed by atoms with Gasteiger partial charge in [0.15, 0.2) is 0 Å². The third-order valence-electron chi connectivity index (χ3n) is 3.72. The van der Waals surface area contributed by atoms with Crippen molar-refractivity contribution in [2.45, 2.75) is 77.8 Å². The summed E-state index contributed by atoms with van der Waals surface area (Å²) in [7, 11) is 0. The molecule has 0 aliphatic carbocycles. The van der Waals surface area contributed by atoms with Gasteiger partial charge in [0.2, 0.25) is 0 Å². The Morgan fingerprint density at radius 2 is 1.88 bits per heavy atom. The van der Waals surface area contributed by atoms with Crippen LogP contribution in [0.2, 0.25) is 0 Å². The average molecular weight is 244 g/mol. The quantitative estimate of drug-likeness (QED) is 0.808. The Bertz CT molecular complexity index is 248. The van der Waals surface area contributed by atoms with Crippen LogP contribution in [0.15, 0.2) is 0 Å². The van der Waals surface area contributed by atoms with Crippen molar-refractivity contribution in [3.05, 3.63) is 0 Å². The molecule has 0 amide bonds. The van der Waals surface area contributed by atoms with Gasteiger partial charge in [-0.25, -0.2) is 0 Å². The van der Waals surface area contributed by atoms with Gasteiger partial charge in [0.05, 0.1) is 23.4 Å². The molecule has 1 saturated heterocycles. The number of aliphatic hydroxyl groups excluding tert-OH is 1. The monoisotopic (exact) mass is 244 g/mol. The first-order valence-corrected chi connectivity index (χ1v) is 6.73. The molecule has 1 N–H and O–H groups in total. The van der Waals surface area contributed by atoms with Crippen molar-refractivity contribution in [2.24, 2.45) is 5.92 Å². The van der Waals surface area contributed by atoms with Gasteiger partial charge in [0.25, 0.3) is 0 Å². The molecule has 17 heavy (non-hydrogen) atoms. The van der Waals surface area contributed by atoms with Crippen LogP contribution in [0.3, 0.4) is 0 Å². The van der Waals surface area contributed by atoms with E-state index in [1.165, 1.54) is 0 Å². The van der Waals surface area contributed by atoms with Crippen molar-refractivity contribution in [1.29, 1.82) is 0 Å². The van der Waals surface area contributed by atoms with Crippen LogP contribution in [-0.2, 0) is 9.47 Å². The molecule has 3 unspecified atom stereocenters. The van der Waals surface area contributed by atoms with Gasteiger partial charge in [-0.05, 0) is 47.5 Å². The zero-order valence-electron chi connectivity index (χ0n) is 12.1. The van der Waals surface area contributed by atoms with E-state index in [-0.39, 0.29) is 23.2 Å². The molecule has 0 aromatic carbocycles. The first-order chi connectivity index (χ1) is 7.73. The molecule has 1 aliphatic heterocycles. The molecule has 3 atom stereocenters. The smallest absolute Gasteiger partial charge is 0.0858 e. The predicted molar refractivity (Wildman–Crippen MR) is 69.1 cm³/mol. The van der Waals surface area contributed by atoms with E-state index in [2.05, 4.69) is 34.6 Å². The van der Waals surface area contributed by atoms with Gasteiger partial charge in [0.1, 0.15) is 0 Å². The molecule has 3 heteroatoms. The van der Waals surface area contributed by atoms with Crippen LogP contribution in [-0.4, -0.2) is 35.1 Å². The number of hydrogen-bond acceptors (Lipinski definition) is 3. The fraction of sp³-hybridized carbons (Fsp3) is 1.00. The second-order valence-corrected chi connectivity index (χ2v) is 6.17. The molecule has 1 rings (SSSR count). The van der Waals surface area contributed by atoms with Crippen LogP contribution in [0, 0.1) is 5.92 Å². The lowest BCUT2D eigenvalue weighted by atomic mass is 9.80. The lowest BCUT2D eigenvalue weighted by Gasteiger charge is -2.33. The van der Waals surface area contributed by atoms with Crippen molar-refractivity contribution >= 4 is 0 Å². The third-order valence-corrected chi connectivity index (χ3v) is 3.72. The van der Waals surface area contributed by atoms with Crippen LogP contribution in [0.5, 0.6) is 0 Å². The Kier molecular flexibility index (Phi) is 4.61. The predicted octanol–water partition coefficient (Wildman–Crippen LogP) is 2.76. The van der Waals surface area contributed by atoms with Crippen LogP contribution < -0.4 is 0 Å². The standard InChI is InChI=1S/C14H28O3/c1-7-11(16-8-2)12(15)10-9-13(3,4)17-14(10,5)6/h10-12,15H,7-9H2,1-6H3. The molecule has 1 aliphatic rings. The van der Waals surface area contributed by atoms with Gasteiger partial charge in [-0.15, -0.1) is 0 Å². The van der Waals surface area contributed by atoms with Gasteiger partial charge >= 0.3 is 0 Å². The summed E-state index contributed by atoms with van der Waals surface area (Å²) in [5.41, 5.74) is -0.437. The van der Waals surface area contributed by atoms with E-state index in [1.54, 1.807) is 0 Å². The van der Waals surface area contributed by atoms with Gasteiger partial charge in [0, 0.05) is 12.5 Å². The second-order valence-electron chi connectivity index (χ2n) is 6.17. The minimum atomic E-state index is -0.447. The fourth-order valence-electron chi connectivity index (χ4n) is 3.07.